The van der Waals surface area contributed by atoms with Crippen molar-refractivity contribution in [1.82, 2.24) is 0 Å². The molecule has 0 aromatic carbocycles. The zero-order valence-electron chi connectivity index (χ0n) is 7.23. The molecule has 12 heavy (non-hydrogen) atoms. The summed E-state index contributed by atoms with van der Waals surface area (Å²) in [7, 11) is 1.42. The van der Waals surface area contributed by atoms with E-state index in [1.54, 1.807) is 0 Å². The lowest BCUT2D eigenvalue weighted by atomic mass is 9.34. The number of rotatable bonds is 3. The Bertz CT molecular complexity index is 205. The van der Waals surface area contributed by atoms with Crippen molar-refractivity contribution in [2.45, 2.75) is 25.7 Å². The lowest BCUT2D eigenvalue weighted by molar-refractivity contribution is -0.228. The molecule has 0 aromatic heterocycles. The minimum absolute atomic E-state index is 0.0942. The summed E-state index contributed by atoms with van der Waals surface area (Å²) in [6.45, 7) is -0.253. The smallest absolute Gasteiger partial charge is 0.311 e. The number of ether oxygens (including phenoxy) is 1. The van der Waals surface area contributed by atoms with Crippen molar-refractivity contribution >= 4 is 5.97 Å². The highest BCUT2D eigenvalue weighted by molar-refractivity contribution is 5.81. The highest BCUT2D eigenvalue weighted by Gasteiger charge is 2.71. The van der Waals surface area contributed by atoms with E-state index >= 15 is 0 Å². The van der Waals surface area contributed by atoms with E-state index in [0.29, 0.717) is 6.42 Å². The van der Waals surface area contributed by atoms with Gasteiger partial charge in [-0.15, -0.1) is 0 Å². The third-order valence-corrected chi connectivity index (χ3v) is 3.38. The molecule has 0 aromatic rings. The van der Waals surface area contributed by atoms with Crippen LogP contribution in [0.5, 0.6) is 0 Å². The quantitative estimate of drug-likeness (QED) is 0.605. The van der Waals surface area contributed by atoms with E-state index < -0.39 is 0 Å². The number of carbonyl (C=O) groups excluding carboxylic acids is 1. The second kappa shape index (κ2) is 2.21. The molecule has 0 heterocycles. The molecule has 3 aliphatic rings. The molecule has 0 unspecified atom stereocenters. The van der Waals surface area contributed by atoms with Crippen molar-refractivity contribution in [3.8, 4) is 0 Å². The Morgan fingerprint density at radius 1 is 1.50 bits per heavy atom. The molecule has 0 radical (unpaired) electrons. The molecule has 3 aliphatic carbocycles. The topological polar surface area (TPSA) is 26.3 Å². The van der Waals surface area contributed by atoms with Gasteiger partial charge in [0, 0.05) is 0 Å². The van der Waals surface area contributed by atoms with Gasteiger partial charge in [0.1, 0.15) is 0 Å². The second-order valence-corrected chi connectivity index (χ2v) is 4.24. The molecule has 0 amide bonds. The number of hydrogen-bond donors (Lipinski definition) is 0. The lowest BCUT2D eigenvalue weighted by Crippen LogP contribution is -2.65. The van der Waals surface area contributed by atoms with Gasteiger partial charge in [-0.1, -0.05) is 0 Å². The van der Waals surface area contributed by atoms with E-state index in [-0.39, 0.29) is 23.5 Å². The van der Waals surface area contributed by atoms with Crippen LogP contribution < -0.4 is 0 Å². The Labute approximate surface area is 71.1 Å². The van der Waals surface area contributed by atoms with Crippen molar-refractivity contribution in [3.63, 3.8) is 0 Å². The number of alkyl halides is 1. The minimum atomic E-state index is -0.253. The van der Waals surface area contributed by atoms with Crippen molar-refractivity contribution in [3.05, 3.63) is 0 Å². The van der Waals surface area contributed by atoms with Crippen LogP contribution in [0.1, 0.15) is 25.7 Å². The maximum atomic E-state index is 12.0. The highest BCUT2D eigenvalue weighted by Crippen LogP contribution is 2.75. The van der Waals surface area contributed by atoms with Crippen LogP contribution in [0, 0.1) is 10.8 Å². The predicted octanol–water partition coefficient (Wildman–Crippen LogP) is 1.69. The largest absolute Gasteiger partial charge is 0.469 e. The number of carbonyl (C=O) groups is 1. The van der Waals surface area contributed by atoms with Gasteiger partial charge in [-0.05, 0) is 31.1 Å². The molecule has 3 fully saturated rings. The monoisotopic (exact) mass is 172 g/mol. The molecule has 3 heteroatoms. The standard InChI is InChI=1S/C9H13FO2/c1-12-7(11)9-4-8(5-9,6-9)2-3-10/h2-6H2,1H3. The minimum Gasteiger partial charge on any atom is -0.469 e. The second-order valence-electron chi connectivity index (χ2n) is 4.24. The van der Waals surface area contributed by atoms with Gasteiger partial charge in [0.15, 0.2) is 0 Å². The maximum absolute atomic E-state index is 12.0. The molecule has 3 rings (SSSR count). The van der Waals surface area contributed by atoms with Crippen molar-refractivity contribution < 1.29 is 13.9 Å². The number of esters is 1. The highest BCUT2D eigenvalue weighted by atomic mass is 19.1. The fourth-order valence-electron chi connectivity index (χ4n) is 2.90. The average Bonchev–Trinajstić information content (AvgIpc) is 1.92. The van der Waals surface area contributed by atoms with Gasteiger partial charge in [-0.2, -0.15) is 0 Å². The molecule has 2 nitrogen and oxygen atoms in total. The molecular formula is C9H13FO2. The van der Waals surface area contributed by atoms with Gasteiger partial charge in [-0.3, -0.25) is 9.18 Å². The van der Waals surface area contributed by atoms with E-state index in [1.807, 2.05) is 0 Å². The van der Waals surface area contributed by atoms with Crippen LogP contribution in [-0.2, 0) is 9.53 Å². The Hall–Kier alpha value is -0.600. The Balaban J connectivity index is 1.91. The first kappa shape index (κ1) is 8.02. The van der Waals surface area contributed by atoms with Crippen LogP contribution in [0.15, 0.2) is 0 Å². The molecule has 0 spiro atoms. The normalized spacial score (nSPS) is 42.8. The SMILES string of the molecule is COC(=O)C12CC(CCF)(C1)C2. The first-order valence-electron chi connectivity index (χ1n) is 4.31. The van der Waals surface area contributed by atoms with E-state index in [2.05, 4.69) is 4.74 Å². The molecule has 0 atom stereocenters. The van der Waals surface area contributed by atoms with E-state index in [1.165, 1.54) is 7.11 Å². The summed E-state index contributed by atoms with van der Waals surface area (Å²) in [5.41, 5.74) is -0.00708. The summed E-state index contributed by atoms with van der Waals surface area (Å²) < 4.78 is 16.7. The average molecular weight is 172 g/mol. The molecule has 0 saturated heterocycles. The van der Waals surface area contributed by atoms with Crippen molar-refractivity contribution in [2.75, 3.05) is 13.8 Å². The van der Waals surface area contributed by atoms with Gasteiger partial charge >= 0.3 is 5.97 Å². The summed E-state index contributed by atoms with van der Waals surface area (Å²) in [4.78, 5) is 11.2. The van der Waals surface area contributed by atoms with Crippen LogP contribution in [-0.4, -0.2) is 19.8 Å². The molecular weight excluding hydrogens is 159 g/mol. The van der Waals surface area contributed by atoms with Gasteiger partial charge in [0.2, 0.25) is 0 Å². The van der Waals surface area contributed by atoms with E-state index in [4.69, 9.17) is 0 Å². The Morgan fingerprint density at radius 3 is 2.50 bits per heavy atom. The molecule has 0 aliphatic heterocycles. The van der Waals surface area contributed by atoms with Crippen molar-refractivity contribution in [1.29, 1.82) is 0 Å². The van der Waals surface area contributed by atoms with Gasteiger partial charge < -0.3 is 4.74 Å². The zero-order valence-corrected chi connectivity index (χ0v) is 7.23. The van der Waals surface area contributed by atoms with Crippen LogP contribution in [0.4, 0.5) is 4.39 Å². The summed E-state index contributed by atoms with van der Waals surface area (Å²) in [5, 5.41) is 0. The first-order chi connectivity index (χ1) is 5.66. The summed E-state index contributed by atoms with van der Waals surface area (Å²) in [5.74, 6) is -0.0942. The van der Waals surface area contributed by atoms with Crippen LogP contribution in [0.25, 0.3) is 0 Å². The lowest BCUT2D eigenvalue weighted by Gasteiger charge is -2.68. The fraction of sp³-hybridized carbons (Fsp3) is 0.889. The number of halogens is 1. The van der Waals surface area contributed by atoms with Gasteiger partial charge in [0.25, 0.3) is 0 Å². The third kappa shape index (κ3) is 0.767. The molecule has 2 bridgehead atoms. The Kier molecular flexibility index (Phi) is 1.48. The zero-order chi connectivity index (χ0) is 8.82. The van der Waals surface area contributed by atoms with Crippen molar-refractivity contribution in [2.24, 2.45) is 10.8 Å². The Morgan fingerprint density at radius 2 is 2.08 bits per heavy atom. The summed E-state index contributed by atoms with van der Waals surface area (Å²) in [6.07, 6.45) is 3.20. The molecule has 0 N–H and O–H groups in total. The van der Waals surface area contributed by atoms with Gasteiger partial charge in [-0.25, -0.2) is 0 Å². The van der Waals surface area contributed by atoms with Gasteiger partial charge in [0.05, 0.1) is 19.2 Å². The maximum Gasteiger partial charge on any atom is 0.311 e. The third-order valence-electron chi connectivity index (χ3n) is 3.38. The molecule has 68 valence electrons. The predicted molar refractivity (Wildman–Crippen MR) is 41.3 cm³/mol. The fourth-order valence-corrected chi connectivity index (χ4v) is 2.90. The summed E-state index contributed by atoms with van der Waals surface area (Å²) >= 11 is 0. The van der Waals surface area contributed by atoms with Crippen LogP contribution in [0.2, 0.25) is 0 Å². The molecule has 3 saturated carbocycles. The first-order valence-corrected chi connectivity index (χ1v) is 4.31. The number of hydrogen-bond acceptors (Lipinski definition) is 2. The number of methoxy groups -OCH3 is 1. The van der Waals surface area contributed by atoms with Crippen LogP contribution in [0.3, 0.4) is 0 Å². The van der Waals surface area contributed by atoms with Crippen LogP contribution >= 0.6 is 0 Å². The van der Waals surface area contributed by atoms with E-state index in [0.717, 1.165) is 19.3 Å². The summed E-state index contributed by atoms with van der Waals surface area (Å²) in [6, 6.07) is 0. The van der Waals surface area contributed by atoms with E-state index in [9.17, 15) is 9.18 Å².